The number of hydrogen-bond donors (Lipinski definition) is 0. The molecule has 0 fully saturated rings. The Morgan fingerprint density at radius 1 is 1.03 bits per heavy atom. The second-order valence-electron chi connectivity index (χ2n) is 10.4. The second-order valence-corrected chi connectivity index (χ2v) is 11.4. The first kappa shape index (κ1) is 25.2. The van der Waals surface area contributed by atoms with Gasteiger partial charge in [-0.3, -0.25) is 9.69 Å². The van der Waals surface area contributed by atoms with Crippen LogP contribution in [0.5, 0.6) is 0 Å². The van der Waals surface area contributed by atoms with E-state index < -0.39 is 0 Å². The Morgan fingerprint density at radius 3 is 2.41 bits per heavy atom. The fourth-order valence-electron chi connectivity index (χ4n) is 5.43. The summed E-state index contributed by atoms with van der Waals surface area (Å²) < 4.78 is 6.16. The molecule has 0 aliphatic carbocycles. The van der Waals surface area contributed by atoms with E-state index in [9.17, 15) is 4.79 Å². The van der Waals surface area contributed by atoms with Crippen molar-refractivity contribution in [3.8, 4) is 45.5 Å². The van der Waals surface area contributed by atoms with Crippen molar-refractivity contribution in [2.75, 3.05) is 6.54 Å². The number of oxazole rings is 1. The molecule has 194 valence electrons. The molecule has 0 radical (unpaired) electrons. The van der Waals surface area contributed by atoms with Crippen LogP contribution in [0.1, 0.15) is 51.5 Å². The molecule has 3 aromatic carbocycles. The zero-order chi connectivity index (χ0) is 27.3. The molecule has 1 aliphatic heterocycles. The number of aromatic nitrogens is 2. The number of carbonyl (C=O) groups is 1. The van der Waals surface area contributed by atoms with Crippen molar-refractivity contribution in [2.45, 2.75) is 46.7 Å². The highest BCUT2D eigenvalue weighted by Crippen LogP contribution is 2.39. The highest BCUT2D eigenvalue weighted by Gasteiger charge is 2.24. The van der Waals surface area contributed by atoms with Gasteiger partial charge in [-0.2, -0.15) is 0 Å². The molecule has 0 saturated heterocycles. The predicted octanol–water partition coefficient (Wildman–Crippen LogP) is 7.46. The lowest BCUT2D eigenvalue weighted by molar-refractivity contribution is 0.112. The maximum atomic E-state index is 11.4. The van der Waals surface area contributed by atoms with Crippen LogP contribution in [0.4, 0.5) is 0 Å². The van der Waals surface area contributed by atoms with E-state index >= 15 is 0 Å². The van der Waals surface area contributed by atoms with Crippen LogP contribution in [0.25, 0.3) is 44.3 Å². The van der Waals surface area contributed by atoms with Gasteiger partial charge in [0.15, 0.2) is 5.58 Å². The van der Waals surface area contributed by atoms with Crippen molar-refractivity contribution < 1.29 is 9.21 Å². The van der Waals surface area contributed by atoms with E-state index in [1.165, 1.54) is 21.7 Å². The predicted molar refractivity (Wildman–Crippen MR) is 158 cm³/mol. The minimum absolute atomic E-state index is 0.481. The highest BCUT2D eigenvalue weighted by atomic mass is 32.1. The maximum Gasteiger partial charge on any atom is 0.227 e. The van der Waals surface area contributed by atoms with Gasteiger partial charge < -0.3 is 4.42 Å². The number of terminal acetylenes is 1. The Kier molecular flexibility index (Phi) is 6.42. The van der Waals surface area contributed by atoms with Crippen LogP contribution in [-0.2, 0) is 13.0 Å². The summed E-state index contributed by atoms with van der Waals surface area (Å²) >= 11 is 1.82. The zero-order valence-corrected chi connectivity index (χ0v) is 23.4. The summed E-state index contributed by atoms with van der Waals surface area (Å²) in [6, 6.07) is 16.5. The molecule has 0 saturated carbocycles. The molecule has 0 spiro atoms. The third-order valence-corrected chi connectivity index (χ3v) is 8.83. The van der Waals surface area contributed by atoms with Crippen LogP contribution in [0.2, 0.25) is 0 Å². The Hall–Kier alpha value is -4.05. The quantitative estimate of drug-likeness (QED) is 0.174. The Labute approximate surface area is 232 Å². The summed E-state index contributed by atoms with van der Waals surface area (Å²) in [4.78, 5) is 25.1. The Balaban J connectivity index is 1.41. The van der Waals surface area contributed by atoms with Crippen molar-refractivity contribution >= 4 is 28.7 Å². The fraction of sp³-hybridized carbons (Fsp3) is 0.242. The molecule has 6 heteroatoms. The normalized spacial score (nSPS) is 13.5. The van der Waals surface area contributed by atoms with Crippen LogP contribution in [0.15, 0.2) is 52.9 Å². The minimum Gasteiger partial charge on any atom is -0.435 e. The van der Waals surface area contributed by atoms with Crippen molar-refractivity contribution in [2.24, 2.45) is 0 Å². The highest BCUT2D eigenvalue weighted by molar-refractivity contribution is 7.15. The van der Waals surface area contributed by atoms with Gasteiger partial charge in [-0.15, -0.1) is 17.8 Å². The standard InChI is InChI=1S/C33H29N3O2S/c1-6-23-15-22(18-37)16-29-31(23)38-32(34-29)26-11-7-9-24(20(26)4)25-10-8-12-27(21(25)5)33-35-28-13-14-36(19(2)3)17-30(28)39-33/h1,7-12,15-16,18-19H,13-14,17H2,2-5H3. The van der Waals surface area contributed by atoms with Gasteiger partial charge in [0.2, 0.25) is 5.89 Å². The van der Waals surface area contributed by atoms with E-state index in [0.717, 1.165) is 53.1 Å². The largest absolute Gasteiger partial charge is 0.435 e. The van der Waals surface area contributed by atoms with Crippen LogP contribution in [-0.4, -0.2) is 33.7 Å². The minimum atomic E-state index is 0.481. The van der Waals surface area contributed by atoms with E-state index in [1.807, 2.05) is 23.5 Å². The van der Waals surface area contributed by atoms with E-state index in [-0.39, 0.29) is 0 Å². The zero-order valence-electron chi connectivity index (χ0n) is 22.5. The number of hydrogen-bond acceptors (Lipinski definition) is 6. The summed E-state index contributed by atoms with van der Waals surface area (Å²) in [5.41, 5.74) is 9.95. The third kappa shape index (κ3) is 4.38. The first-order valence-corrected chi connectivity index (χ1v) is 14.0. The summed E-state index contributed by atoms with van der Waals surface area (Å²) in [7, 11) is 0. The van der Waals surface area contributed by atoms with E-state index in [0.29, 0.717) is 34.2 Å². The number of thiazole rings is 1. The lowest BCUT2D eigenvalue weighted by atomic mass is 9.91. The van der Waals surface area contributed by atoms with Gasteiger partial charge in [-0.25, -0.2) is 9.97 Å². The fourth-order valence-corrected chi connectivity index (χ4v) is 6.65. The number of carbonyl (C=O) groups excluding carboxylic acids is 1. The molecule has 39 heavy (non-hydrogen) atoms. The second kappa shape index (κ2) is 9.92. The van der Waals surface area contributed by atoms with Crippen LogP contribution in [0, 0.1) is 26.2 Å². The summed E-state index contributed by atoms with van der Waals surface area (Å²) in [5.74, 6) is 3.10. The van der Waals surface area contributed by atoms with Crippen molar-refractivity contribution in [3.05, 3.63) is 81.4 Å². The summed E-state index contributed by atoms with van der Waals surface area (Å²) in [6.45, 7) is 10.8. The van der Waals surface area contributed by atoms with Gasteiger partial charge in [0, 0.05) is 47.1 Å². The molecule has 3 heterocycles. The van der Waals surface area contributed by atoms with Crippen molar-refractivity contribution in [1.29, 1.82) is 0 Å². The molecule has 0 atom stereocenters. The number of aldehydes is 1. The molecule has 0 N–H and O–H groups in total. The molecule has 6 rings (SSSR count). The smallest absolute Gasteiger partial charge is 0.227 e. The maximum absolute atomic E-state index is 11.4. The number of fused-ring (bicyclic) bond motifs is 2. The molecule has 5 nitrogen and oxygen atoms in total. The molecule has 5 aromatic rings. The SMILES string of the molecule is C#Cc1cc(C=O)cc2nc(-c3cccc(-c4cccc(-c5nc6c(s5)CN(C(C)C)CC6)c4C)c3C)oc12. The third-order valence-electron chi connectivity index (χ3n) is 7.71. The molecule has 0 amide bonds. The Bertz CT molecular complexity index is 1790. The topological polar surface area (TPSA) is 59.2 Å². The van der Waals surface area contributed by atoms with Gasteiger partial charge in [-0.05, 0) is 68.1 Å². The van der Waals surface area contributed by atoms with Crippen molar-refractivity contribution in [3.63, 3.8) is 0 Å². The first-order chi connectivity index (χ1) is 18.9. The monoisotopic (exact) mass is 531 g/mol. The van der Waals surface area contributed by atoms with E-state index in [2.05, 4.69) is 62.8 Å². The van der Waals surface area contributed by atoms with Gasteiger partial charge >= 0.3 is 0 Å². The van der Waals surface area contributed by atoms with Crippen LogP contribution < -0.4 is 0 Å². The van der Waals surface area contributed by atoms with Gasteiger partial charge in [0.25, 0.3) is 0 Å². The van der Waals surface area contributed by atoms with E-state index in [1.54, 1.807) is 12.1 Å². The van der Waals surface area contributed by atoms with Gasteiger partial charge in [0.1, 0.15) is 16.8 Å². The Morgan fingerprint density at radius 2 is 1.72 bits per heavy atom. The van der Waals surface area contributed by atoms with Gasteiger partial charge in [0.05, 0.1) is 11.3 Å². The van der Waals surface area contributed by atoms with Crippen molar-refractivity contribution in [1.82, 2.24) is 14.9 Å². The molecule has 0 bridgehead atoms. The average molecular weight is 532 g/mol. The summed E-state index contributed by atoms with van der Waals surface area (Å²) in [5, 5.41) is 1.09. The first-order valence-electron chi connectivity index (χ1n) is 13.2. The lowest BCUT2D eigenvalue weighted by Gasteiger charge is -2.29. The molecule has 0 unspecified atom stereocenters. The van der Waals surface area contributed by atoms with Crippen LogP contribution in [0.3, 0.4) is 0 Å². The molecule has 2 aromatic heterocycles. The number of benzene rings is 3. The molecular formula is C33H29N3O2S. The molecule has 1 aliphatic rings. The number of rotatable bonds is 5. The lowest BCUT2D eigenvalue weighted by Crippen LogP contribution is -2.35. The molecular weight excluding hydrogens is 502 g/mol. The number of nitrogens with zero attached hydrogens (tertiary/aromatic N) is 3. The van der Waals surface area contributed by atoms with E-state index in [4.69, 9.17) is 20.8 Å². The summed E-state index contributed by atoms with van der Waals surface area (Å²) in [6.07, 6.45) is 7.47. The van der Waals surface area contributed by atoms with Gasteiger partial charge in [-0.1, -0.05) is 36.3 Å². The van der Waals surface area contributed by atoms with Crippen LogP contribution >= 0.6 is 11.3 Å². The average Bonchev–Trinajstić information content (AvgIpc) is 3.56.